The smallest absolute Gasteiger partial charge is 0.341 e. The maximum Gasteiger partial charge on any atom is 0.341 e. The van der Waals surface area contributed by atoms with Crippen molar-refractivity contribution in [2.24, 2.45) is 0 Å². The number of anilines is 1. The van der Waals surface area contributed by atoms with Crippen molar-refractivity contribution in [3.8, 4) is 5.75 Å². The number of carboxylic acid groups (broad SMARTS) is 1. The fourth-order valence-corrected chi connectivity index (χ4v) is 2.86. The number of carboxylic acids is 1. The zero-order chi connectivity index (χ0) is 16.6. The molecular formula is C17H15ClFNO3. The molecule has 0 atom stereocenters. The minimum absolute atomic E-state index is 0.242. The van der Waals surface area contributed by atoms with Gasteiger partial charge in [-0.1, -0.05) is 41.4 Å². The Morgan fingerprint density at radius 1 is 1.39 bits per heavy atom. The van der Waals surface area contributed by atoms with Gasteiger partial charge < -0.3 is 14.7 Å². The Balaban J connectivity index is 2.05. The van der Waals surface area contributed by atoms with E-state index in [0.717, 1.165) is 11.1 Å². The molecule has 4 nitrogen and oxygen atoms in total. The zero-order valence-electron chi connectivity index (χ0n) is 12.5. The minimum Gasteiger partial charge on any atom is -0.489 e. The number of carbonyl (C=O) groups is 1. The molecule has 2 aromatic carbocycles. The molecule has 6 heteroatoms. The first-order valence-electron chi connectivity index (χ1n) is 7.16. The van der Waals surface area contributed by atoms with Crippen LogP contribution in [0.3, 0.4) is 0 Å². The van der Waals surface area contributed by atoms with E-state index in [-0.39, 0.29) is 10.7 Å². The molecule has 1 heterocycles. The van der Waals surface area contributed by atoms with Gasteiger partial charge in [-0.3, -0.25) is 0 Å². The van der Waals surface area contributed by atoms with Crippen molar-refractivity contribution >= 4 is 23.3 Å². The molecule has 120 valence electrons. The van der Waals surface area contributed by atoms with Crippen LogP contribution < -0.4 is 9.64 Å². The molecule has 0 spiro atoms. The molecule has 1 aliphatic rings. The number of halogens is 2. The lowest BCUT2D eigenvalue weighted by Gasteiger charge is -2.32. The summed E-state index contributed by atoms with van der Waals surface area (Å²) < 4.78 is 19.7. The van der Waals surface area contributed by atoms with Crippen molar-refractivity contribution in [1.29, 1.82) is 0 Å². The molecule has 3 rings (SSSR count). The summed E-state index contributed by atoms with van der Waals surface area (Å²) in [7, 11) is 0. The fraction of sp³-hybridized carbons (Fsp3) is 0.235. The monoisotopic (exact) mass is 335 g/mol. The highest BCUT2D eigenvalue weighted by molar-refractivity contribution is 6.31. The maximum absolute atomic E-state index is 14.2. The maximum atomic E-state index is 14.2. The van der Waals surface area contributed by atoms with Crippen LogP contribution in [0.15, 0.2) is 30.3 Å². The molecule has 23 heavy (non-hydrogen) atoms. The van der Waals surface area contributed by atoms with Crippen LogP contribution in [0.5, 0.6) is 5.75 Å². The number of rotatable bonds is 3. The molecule has 0 bridgehead atoms. The van der Waals surface area contributed by atoms with Crippen LogP contribution in [0.2, 0.25) is 5.02 Å². The molecule has 0 saturated heterocycles. The first-order valence-corrected chi connectivity index (χ1v) is 7.53. The predicted molar refractivity (Wildman–Crippen MR) is 86.1 cm³/mol. The summed E-state index contributed by atoms with van der Waals surface area (Å²) in [5.74, 6) is -2.00. The van der Waals surface area contributed by atoms with Crippen molar-refractivity contribution in [1.82, 2.24) is 0 Å². The third kappa shape index (κ3) is 2.97. The van der Waals surface area contributed by atoms with E-state index < -0.39 is 17.3 Å². The third-order valence-electron chi connectivity index (χ3n) is 3.80. The summed E-state index contributed by atoms with van der Waals surface area (Å²) in [6.45, 7) is 3.33. The SMILES string of the molecule is Cc1ccc(CN2CCOc3cc(Cl)c(F)c(C(=O)O)c32)cc1. The van der Waals surface area contributed by atoms with E-state index in [9.17, 15) is 14.3 Å². The van der Waals surface area contributed by atoms with Crippen LogP contribution in [0.25, 0.3) is 0 Å². The summed E-state index contributed by atoms with van der Waals surface area (Å²) in [4.78, 5) is 13.3. The van der Waals surface area contributed by atoms with Crippen LogP contribution in [-0.4, -0.2) is 24.2 Å². The normalized spacial score (nSPS) is 13.4. The van der Waals surface area contributed by atoms with Gasteiger partial charge in [-0.25, -0.2) is 9.18 Å². The molecular weight excluding hydrogens is 321 g/mol. The molecule has 0 amide bonds. The number of aryl methyl sites for hydroxylation is 1. The molecule has 1 N–H and O–H groups in total. The lowest BCUT2D eigenvalue weighted by molar-refractivity contribution is 0.0691. The molecule has 0 radical (unpaired) electrons. The summed E-state index contributed by atoms with van der Waals surface area (Å²) in [6.07, 6.45) is 0. The average Bonchev–Trinajstić information content (AvgIpc) is 2.51. The summed E-state index contributed by atoms with van der Waals surface area (Å²) in [5.41, 5.74) is 1.95. The van der Waals surface area contributed by atoms with Gasteiger partial charge in [-0.05, 0) is 12.5 Å². The van der Waals surface area contributed by atoms with Crippen molar-refractivity contribution in [2.45, 2.75) is 13.5 Å². The first-order chi connectivity index (χ1) is 11.0. The van der Waals surface area contributed by atoms with E-state index in [1.807, 2.05) is 36.1 Å². The molecule has 0 aliphatic carbocycles. The fourth-order valence-electron chi connectivity index (χ4n) is 2.66. The van der Waals surface area contributed by atoms with Crippen LogP contribution in [0, 0.1) is 12.7 Å². The van der Waals surface area contributed by atoms with E-state index >= 15 is 0 Å². The van der Waals surface area contributed by atoms with Crippen LogP contribution in [0.1, 0.15) is 21.5 Å². The summed E-state index contributed by atoms with van der Waals surface area (Å²) >= 11 is 5.78. The number of hydrogen-bond acceptors (Lipinski definition) is 3. The number of benzene rings is 2. The molecule has 0 unspecified atom stereocenters. The van der Waals surface area contributed by atoms with Gasteiger partial charge in [-0.2, -0.15) is 0 Å². The van der Waals surface area contributed by atoms with Gasteiger partial charge in [0, 0.05) is 12.6 Å². The zero-order valence-corrected chi connectivity index (χ0v) is 13.2. The van der Waals surface area contributed by atoms with Crippen LogP contribution >= 0.6 is 11.6 Å². The second kappa shape index (κ2) is 6.08. The lowest BCUT2D eigenvalue weighted by atomic mass is 10.1. The second-order valence-corrected chi connectivity index (χ2v) is 5.86. The van der Waals surface area contributed by atoms with Crippen molar-refractivity contribution < 1.29 is 19.0 Å². The van der Waals surface area contributed by atoms with E-state index in [0.29, 0.717) is 25.4 Å². The summed E-state index contributed by atoms with van der Waals surface area (Å²) in [6, 6.07) is 9.24. The van der Waals surface area contributed by atoms with Gasteiger partial charge in [0.1, 0.15) is 17.9 Å². The van der Waals surface area contributed by atoms with E-state index in [1.165, 1.54) is 6.07 Å². The predicted octanol–water partition coefficient (Wildman–Crippen LogP) is 3.88. The number of nitrogens with zero attached hydrogens (tertiary/aromatic N) is 1. The Hall–Kier alpha value is -2.27. The van der Waals surface area contributed by atoms with Crippen molar-refractivity contribution in [3.63, 3.8) is 0 Å². The number of hydrogen-bond donors (Lipinski definition) is 1. The Morgan fingerprint density at radius 3 is 2.74 bits per heavy atom. The Kier molecular flexibility index (Phi) is 4.13. The standard InChI is InChI=1S/C17H15ClFNO3/c1-10-2-4-11(5-3-10)9-20-6-7-23-13-8-12(18)15(19)14(16(13)20)17(21)22/h2-5,8H,6-7,9H2,1H3,(H,21,22). The Morgan fingerprint density at radius 2 is 2.09 bits per heavy atom. The van der Waals surface area contributed by atoms with Crippen LogP contribution in [0.4, 0.5) is 10.1 Å². The molecule has 2 aromatic rings. The van der Waals surface area contributed by atoms with Crippen molar-refractivity contribution in [2.75, 3.05) is 18.1 Å². The van der Waals surface area contributed by atoms with Gasteiger partial charge in [0.15, 0.2) is 5.82 Å². The van der Waals surface area contributed by atoms with Gasteiger partial charge in [0.05, 0.1) is 17.3 Å². The highest BCUT2D eigenvalue weighted by atomic mass is 35.5. The van der Waals surface area contributed by atoms with E-state index in [1.54, 1.807) is 0 Å². The number of fused-ring (bicyclic) bond motifs is 1. The molecule has 0 fully saturated rings. The average molecular weight is 336 g/mol. The molecule has 0 aromatic heterocycles. The molecule has 1 aliphatic heterocycles. The third-order valence-corrected chi connectivity index (χ3v) is 4.08. The minimum atomic E-state index is -1.36. The van der Waals surface area contributed by atoms with E-state index in [2.05, 4.69) is 0 Å². The lowest BCUT2D eigenvalue weighted by Crippen LogP contribution is -2.34. The van der Waals surface area contributed by atoms with Crippen LogP contribution in [-0.2, 0) is 6.54 Å². The summed E-state index contributed by atoms with van der Waals surface area (Å²) in [5, 5.41) is 9.13. The number of ether oxygens (including phenoxy) is 1. The first kappa shape index (κ1) is 15.6. The number of aromatic carboxylic acids is 1. The highest BCUT2D eigenvalue weighted by Gasteiger charge is 2.30. The van der Waals surface area contributed by atoms with Gasteiger partial charge in [-0.15, -0.1) is 0 Å². The Labute approximate surface area is 138 Å². The second-order valence-electron chi connectivity index (χ2n) is 5.45. The van der Waals surface area contributed by atoms with Crippen molar-refractivity contribution in [3.05, 3.63) is 57.9 Å². The largest absolute Gasteiger partial charge is 0.489 e. The van der Waals surface area contributed by atoms with Gasteiger partial charge in [0.2, 0.25) is 0 Å². The topological polar surface area (TPSA) is 49.8 Å². The van der Waals surface area contributed by atoms with E-state index in [4.69, 9.17) is 16.3 Å². The molecule has 0 saturated carbocycles. The quantitative estimate of drug-likeness (QED) is 0.924. The van der Waals surface area contributed by atoms with Gasteiger partial charge >= 0.3 is 5.97 Å². The highest BCUT2D eigenvalue weighted by Crippen LogP contribution is 2.40. The Bertz CT molecular complexity index is 761. The van der Waals surface area contributed by atoms with Gasteiger partial charge in [0.25, 0.3) is 0 Å².